The summed E-state index contributed by atoms with van der Waals surface area (Å²) in [6.45, 7) is 2.33. The zero-order chi connectivity index (χ0) is 11.1. The summed E-state index contributed by atoms with van der Waals surface area (Å²) in [5.41, 5.74) is 0.389. The first-order valence-electron chi connectivity index (χ1n) is 4.76. The van der Waals surface area contributed by atoms with Crippen LogP contribution in [0.15, 0.2) is 4.42 Å². The number of oxazole rings is 1. The molecule has 1 aromatic rings. The number of nitrogens with one attached hydrogen (secondary N) is 1. The average Bonchev–Trinajstić information content (AvgIpc) is 2.69. The standard InChI is InChI=1S/C9H11F3N2O/c1-5-7(6-3-2-4-13-6)14-8(15-5)9(10,11)12/h6,13H,2-4H2,1H3. The van der Waals surface area contributed by atoms with Crippen LogP contribution in [0.25, 0.3) is 0 Å². The lowest BCUT2D eigenvalue weighted by Crippen LogP contribution is -2.14. The molecule has 0 aliphatic carbocycles. The van der Waals surface area contributed by atoms with Crippen molar-refractivity contribution in [1.29, 1.82) is 0 Å². The van der Waals surface area contributed by atoms with Gasteiger partial charge in [0.25, 0.3) is 0 Å². The van der Waals surface area contributed by atoms with E-state index in [1.54, 1.807) is 0 Å². The molecular formula is C9H11F3N2O. The molecule has 6 heteroatoms. The van der Waals surface area contributed by atoms with Gasteiger partial charge in [0.1, 0.15) is 5.76 Å². The summed E-state index contributed by atoms with van der Waals surface area (Å²) < 4.78 is 41.5. The minimum Gasteiger partial charge on any atom is -0.438 e. The van der Waals surface area contributed by atoms with Crippen LogP contribution in [0.3, 0.4) is 0 Å². The summed E-state index contributed by atoms with van der Waals surface area (Å²) in [5, 5.41) is 3.09. The summed E-state index contributed by atoms with van der Waals surface area (Å²) in [4.78, 5) is 3.51. The molecule has 2 rings (SSSR count). The normalized spacial score (nSPS) is 22.3. The van der Waals surface area contributed by atoms with Gasteiger partial charge in [-0.3, -0.25) is 0 Å². The van der Waals surface area contributed by atoms with E-state index in [-0.39, 0.29) is 11.8 Å². The zero-order valence-electron chi connectivity index (χ0n) is 8.19. The smallest absolute Gasteiger partial charge is 0.438 e. The highest BCUT2D eigenvalue weighted by atomic mass is 19.4. The highest BCUT2D eigenvalue weighted by Gasteiger charge is 2.39. The lowest BCUT2D eigenvalue weighted by molar-refractivity contribution is -0.157. The molecule has 1 aromatic heterocycles. The molecule has 1 unspecified atom stereocenters. The predicted molar refractivity (Wildman–Crippen MR) is 46.2 cm³/mol. The minimum absolute atomic E-state index is 0.0927. The largest absolute Gasteiger partial charge is 0.468 e. The van der Waals surface area contributed by atoms with E-state index in [9.17, 15) is 13.2 Å². The number of aromatic nitrogens is 1. The molecule has 0 saturated carbocycles. The van der Waals surface area contributed by atoms with Crippen LogP contribution in [0.4, 0.5) is 13.2 Å². The van der Waals surface area contributed by atoms with Crippen LogP contribution in [0, 0.1) is 6.92 Å². The van der Waals surface area contributed by atoms with Crippen LogP contribution in [0.2, 0.25) is 0 Å². The maximum Gasteiger partial charge on any atom is 0.468 e. The highest BCUT2D eigenvalue weighted by Crippen LogP contribution is 2.33. The van der Waals surface area contributed by atoms with E-state index in [2.05, 4.69) is 14.7 Å². The third-order valence-electron chi connectivity index (χ3n) is 2.47. The minimum atomic E-state index is -4.50. The van der Waals surface area contributed by atoms with Gasteiger partial charge in [0.05, 0.1) is 11.7 Å². The molecule has 1 fully saturated rings. The Morgan fingerprint density at radius 3 is 2.67 bits per heavy atom. The SMILES string of the molecule is Cc1oc(C(F)(F)F)nc1C1CCCN1. The summed E-state index contributed by atoms with van der Waals surface area (Å²) in [6.07, 6.45) is -2.73. The fourth-order valence-corrected chi connectivity index (χ4v) is 1.77. The van der Waals surface area contributed by atoms with Gasteiger partial charge in [-0.1, -0.05) is 0 Å². The van der Waals surface area contributed by atoms with Crippen LogP contribution in [0.1, 0.15) is 36.2 Å². The number of hydrogen-bond donors (Lipinski definition) is 1. The lowest BCUT2D eigenvalue weighted by Gasteiger charge is -2.05. The quantitative estimate of drug-likeness (QED) is 0.789. The Bertz CT molecular complexity index is 353. The Balaban J connectivity index is 2.29. The van der Waals surface area contributed by atoms with E-state index in [4.69, 9.17) is 0 Å². The Hall–Kier alpha value is -1.04. The van der Waals surface area contributed by atoms with Crippen molar-refractivity contribution in [3.8, 4) is 0 Å². The number of rotatable bonds is 1. The van der Waals surface area contributed by atoms with Crippen LogP contribution < -0.4 is 5.32 Å². The van der Waals surface area contributed by atoms with Gasteiger partial charge < -0.3 is 9.73 Å². The first kappa shape index (κ1) is 10.5. The van der Waals surface area contributed by atoms with E-state index in [0.29, 0.717) is 5.69 Å². The molecule has 84 valence electrons. The molecule has 1 aliphatic rings. The Kier molecular flexibility index (Phi) is 2.46. The maximum atomic E-state index is 12.3. The van der Waals surface area contributed by atoms with Crippen LogP contribution >= 0.6 is 0 Å². The molecule has 0 spiro atoms. The topological polar surface area (TPSA) is 38.1 Å². The first-order valence-corrected chi connectivity index (χ1v) is 4.76. The van der Waals surface area contributed by atoms with Crippen molar-refractivity contribution in [2.45, 2.75) is 32.0 Å². The van der Waals surface area contributed by atoms with Crippen LogP contribution in [-0.4, -0.2) is 11.5 Å². The van der Waals surface area contributed by atoms with Gasteiger partial charge in [0.15, 0.2) is 0 Å². The van der Waals surface area contributed by atoms with Gasteiger partial charge in [0, 0.05) is 0 Å². The molecule has 1 atom stereocenters. The Labute approximate surface area is 84.7 Å². The number of aryl methyl sites for hydroxylation is 1. The number of alkyl halides is 3. The van der Waals surface area contributed by atoms with E-state index in [1.165, 1.54) is 6.92 Å². The molecule has 0 radical (unpaired) electrons. The molecule has 1 saturated heterocycles. The second kappa shape index (κ2) is 3.52. The van der Waals surface area contributed by atoms with Crippen molar-refractivity contribution in [2.24, 2.45) is 0 Å². The van der Waals surface area contributed by atoms with Gasteiger partial charge in [-0.15, -0.1) is 0 Å². The van der Waals surface area contributed by atoms with E-state index in [0.717, 1.165) is 19.4 Å². The second-order valence-electron chi connectivity index (χ2n) is 3.61. The lowest BCUT2D eigenvalue weighted by atomic mass is 10.1. The molecule has 0 bridgehead atoms. The molecule has 2 heterocycles. The summed E-state index contributed by atoms with van der Waals surface area (Å²) in [6, 6.07) is -0.0927. The zero-order valence-corrected chi connectivity index (χ0v) is 8.19. The van der Waals surface area contributed by atoms with Crippen molar-refractivity contribution in [1.82, 2.24) is 10.3 Å². The number of nitrogens with zero attached hydrogens (tertiary/aromatic N) is 1. The Morgan fingerprint density at radius 1 is 1.47 bits per heavy atom. The average molecular weight is 220 g/mol. The van der Waals surface area contributed by atoms with Crippen molar-refractivity contribution >= 4 is 0 Å². The van der Waals surface area contributed by atoms with Gasteiger partial charge in [0.2, 0.25) is 0 Å². The van der Waals surface area contributed by atoms with Crippen LogP contribution in [-0.2, 0) is 6.18 Å². The van der Waals surface area contributed by atoms with Crippen molar-refractivity contribution in [3.05, 3.63) is 17.3 Å². The fourth-order valence-electron chi connectivity index (χ4n) is 1.77. The monoisotopic (exact) mass is 220 g/mol. The van der Waals surface area contributed by atoms with Crippen molar-refractivity contribution in [3.63, 3.8) is 0 Å². The van der Waals surface area contributed by atoms with Crippen molar-refractivity contribution < 1.29 is 17.6 Å². The molecule has 0 aromatic carbocycles. The second-order valence-corrected chi connectivity index (χ2v) is 3.61. The molecule has 15 heavy (non-hydrogen) atoms. The molecule has 1 N–H and O–H groups in total. The number of hydrogen-bond acceptors (Lipinski definition) is 3. The summed E-state index contributed by atoms with van der Waals surface area (Å²) in [7, 11) is 0. The van der Waals surface area contributed by atoms with E-state index < -0.39 is 12.1 Å². The first-order chi connectivity index (χ1) is 6.98. The summed E-state index contributed by atoms with van der Waals surface area (Å²) >= 11 is 0. The van der Waals surface area contributed by atoms with Gasteiger partial charge in [-0.25, -0.2) is 4.98 Å². The third-order valence-corrected chi connectivity index (χ3v) is 2.47. The summed E-state index contributed by atoms with van der Waals surface area (Å²) in [5.74, 6) is -0.898. The van der Waals surface area contributed by atoms with E-state index in [1.807, 2.05) is 0 Å². The molecule has 3 nitrogen and oxygen atoms in total. The molecular weight excluding hydrogens is 209 g/mol. The number of halogens is 3. The van der Waals surface area contributed by atoms with E-state index >= 15 is 0 Å². The van der Waals surface area contributed by atoms with Gasteiger partial charge >= 0.3 is 12.1 Å². The molecule has 0 amide bonds. The molecule has 1 aliphatic heterocycles. The van der Waals surface area contributed by atoms with Crippen molar-refractivity contribution in [2.75, 3.05) is 6.54 Å². The Morgan fingerprint density at radius 2 is 2.20 bits per heavy atom. The fraction of sp³-hybridized carbons (Fsp3) is 0.667. The maximum absolute atomic E-state index is 12.3. The van der Waals surface area contributed by atoms with Crippen LogP contribution in [0.5, 0.6) is 0 Å². The van der Waals surface area contributed by atoms with Gasteiger partial charge in [-0.2, -0.15) is 13.2 Å². The predicted octanol–water partition coefficient (Wildman–Crippen LogP) is 2.43. The third kappa shape index (κ3) is 1.99. The van der Waals surface area contributed by atoms with Gasteiger partial charge in [-0.05, 0) is 26.3 Å². The highest BCUT2D eigenvalue weighted by molar-refractivity contribution is 5.15.